The van der Waals surface area contributed by atoms with Crippen molar-refractivity contribution in [2.75, 3.05) is 0 Å². The number of aromatic nitrogens is 2. The van der Waals surface area contributed by atoms with Crippen LogP contribution in [-0.2, 0) is 5.54 Å². The molecule has 4 nitrogen and oxygen atoms in total. The Bertz CT molecular complexity index is 805. The van der Waals surface area contributed by atoms with Crippen molar-refractivity contribution in [2.24, 2.45) is 5.73 Å². The van der Waals surface area contributed by atoms with Crippen molar-refractivity contribution < 1.29 is 5.11 Å². The van der Waals surface area contributed by atoms with Crippen LogP contribution in [0.15, 0.2) is 42.6 Å². The second kappa shape index (κ2) is 7.53. The van der Waals surface area contributed by atoms with E-state index in [2.05, 4.69) is 22.3 Å². The molecule has 0 aliphatic heterocycles. The highest BCUT2D eigenvalue weighted by molar-refractivity contribution is 5.89. The number of rotatable bonds is 3. The first-order valence-electron chi connectivity index (χ1n) is 7.42. The Morgan fingerprint density at radius 2 is 1.71 bits per heavy atom. The van der Waals surface area contributed by atoms with E-state index in [0.717, 1.165) is 33.2 Å². The summed E-state index contributed by atoms with van der Waals surface area (Å²) in [6, 6.07) is 12.2. The third-order valence-electron chi connectivity index (χ3n) is 4.02. The molecule has 1 unspecified atom stereocenters. The lowest BCUT2D eigenvalue weighted by molar-refractivity contribution is 0.201. The van der Waals surface area contributed by atoms with Gasteiger partial charge in [0.1, 0.15) is 0 Å². The van der Waals surface area contributed by atoms with E-state index in [1.54, 1.807) is 13.1 Å². The Kier molecular flexibility index (Phi) is 6.42. The van der Waals surface area contributed by atoms with Gasteiger partial charge in [-0.1, -0.05) is 30.3 Å². The van der Waals surface area contributed by atoms with E-state index in [9.17, 15) is 5.11 Å². The summed E-state index contributed by atoms with van der Waals surface area (Å²) in [7, 11) is 0. The van der Waals surface area contributed by atoms with E-state index in [1.165, 1.54) is 0 Å². The van der Waals surface area contributed by atoms with Gasteiger partial charge in [-0.25, -0.2) is 0 Å². The third-order valence-corrected chi connectivity index (χ3v) is 4.02. The summed E-state index contributed by atoms with van der Waals surface area (Å²) in [4.78, 5) is 0. The van der Waals surface area contributed by atoms with E-state index >= 15 is 0 Å². The summed E-state index contributed by atoms with van der Waals surface area (Å²) in [5.74, 6) is 0. The Balaban J connectivity index is 0.00000144. The second-order valence-electron chi connectivity index (χ2n) is 6.33. The number of fused-ring (bicyclic) bond motifs is 1. The van der Waals surface area contributed by atoms with Gasteiger partial charge in [0, 0.05) is 10.9 Å². The Hall–Kier alpha value is -1.59. The molecule has 4 N–H and O–H groups in total. The van der Waals surface area contributed by atoms with Crippen LogP contribution in [0.5, 0.6) is 0 Å². The normalized spacial score (nSPS) is 12.4. The van der Waals surface area contributed by atoms with E-state index < -0.39 is 6.10 Å². The number of hydrogen-bond donors (Lipinski definition) is 3. The lowest BCUT2D eigenvalue weighted by atomic mass is 9.90. The van der Waals surface area contributed by atoms with Gasteiger partial charge in [-0.05, 0) is 49.1 Å². The Morgan fingerprint density at radius 1 is 1.08 bits per heavy atom. The van der Waals surface area contributed by atoms with Crippen molar-refractivity contribution in [2.45, 2.75) is 32.4 Å². The molecule has 130 valence electrons. The van der Waals surface area contributed by atoms with Crippen LogP contribution in [0.3, 0.4) is 0 Å². The number of nitrogens with zero attached hydrogens (tertiary/aromatic N) is 1. The molecule has 0 aliphatic rings. The molecule has 0 radical (unpaired) electrons. The Labute approximate surface area is 154 Å². The van der Waals surface area contributed by atoms with E-state index in [1.807, 2.05) is 38.1 Å². The number of H-pyrrole nitrogens is 1. The van der Waals surface area contributed by atoms with Gasteiger partial charge in [0.2, 0.25) is 0 Å². The summed E-state index contributed by atoms with van der Waals surface area (Å²) in [5, 5.41) is 18.2. The highest BCUT2D eigenvalue weighted by atomic mass is 35.5. The molecule has 0 bridgehead atoms. The molecule has 0 saturated heterocycles. The summed E-state index contributed by atoms with van der Waals surface area (Å²) in [5.41, 5.74) is 10.8. The van der Waals surface area contributed by atoms with Crippen LogP contribution < -0.4 is 5.73 Å². The van der Waals surface area contributed by atoms with Crippen molar-refractivity contribution in [3.8, 4) is 11.1 Å². The summed E-state index contributed by atoms with van der Waals surface area (Å²) < 4.78 is 0. The first kappa shape index (κ1) is 20.5. The van der Waals surface area contributed by atoms with Crippen LogP contribution in [0.2, 0.25) is 0 Å². The fourth-order valence-electron chi connectivity index (χ4n) is 2.82. The zero-order valence-electron chi connectivity index (χ0n) is 13.9. The van der Waals surface area contributed by atoms with Gasteiger partial charge in [0.05, 0.1) is 17.8 Å². The average molecular weight is 368 g/mol. The van der Waals surface area contributed by atoms with E-state index in [4.69, 9.17) is 5.73 Å². The average Bonchev–Trinajstić information content (AvgIpc) is 2.93. The predicted molar refractivity (Wildman–Crippen MR) is 104 cm³/mol. The summed E-state index contributed by atoms with van der Waals surface area (Å²) >= 11 is 0. The second-order valence-corrected chi connectivity index (χ2v) is 6.33. The van der Waals surface area contributed by atoms with Crippen LogP contribution >= 0.6 is 24.8 Å². The van der Waals surface area contributed by atoms with Crippen molar-refractivity contribution in [3.05, 3.63) is 53.7 Å². The molecule has 0 spiro atoms. The summed E-state index contributed by atoms with van der Waals surface area (Å²) in [6.07, 6.45) is 1.19. The number of aromatic amines is 1. The number of halogens is 2. The number of nitrogens with two attached hydrogens (primary N) is 1. The van der Waals surface area contributed by atoms with Crippen LogP contribution in [0.1, 0.15) is 38.0 Å². The fourth-order valence-corrected chi connectivity index (χ4v) is 2.82. The minimum absolute atomic E-state index is 0. The molecule has 6 heteroatoms. The van der Waals surface area contributed by atoms with Crippen molar-refractivity contribution in [1.29, 1.82) is 0 Å². The molecule has 0 amide bonds. The largest absolute Gasteiger partial charge is 0.389 e. The molecule has 0 fully saturated rings. The quantitative estimate of drug-likeness (QED) is 0.645. The highest BCUT2D eigenvalue weighted by Gasteiger charge is 2.17. The number of aliphatic hydroxyl groups is 1. The van der Waals surface area contributed by atoms with Gasteiger partial charge in [-0.3, -0.25) is 5.10 Å². The molecule has 0 saturated carbocycles. The van der Waals surface area contributed by atoms with Crippen molar-refractivity contribution in [3.63, 3.8) is 0 Å². The first-order valence-corrected chi connectivity index (χ1v) is 7.42. The molecule has 0 aliphatic carbocycles. The number of benzene rings is 2. The van der Waals surface area contributed by atoms with Gasteiger partial charge in [0.15, 0.2) is 0 Å². The minimum atomic E-state index is -0.568. The maximum absolute atomic E-state index is 10.2. The van der Waals surface area contributed by atoms with Crippen molar-refractivity contribution in [1.82, 2.24) is 10.2 Å². The zero-order valence-corrected chi connectivity index (χ0v) is 15.5. The van der Waals surface area contributed by atoms with E-state index in [0.29, 0.717) is 0 Å². The standard InChI is InChI=1S/C18H21N3O.2ClH/c1-11(22)17-14(8-9-16-15(17)10-20-21-16)12-4-6-13(7-5-12)18(2,3)19;;/h4-11,22H,19H2,1-3H3,(H,20,21);2*1H. The lowest BCUT2D eigenvalue weighted by Crippen LogP contribution is -2.28. The molecule has 3 aromatic rings. The minimum Gasteiger partial charge on any atom is -0.389 e. The molecule has 24 heavy (non-hydrogen) atoms. The third kappa shape index (κ3) is 3.73. The lowest BCUT2D eigenvalue weighted by Gasteiger charge is -2.20. The van der Waals surface area contributed by atoms with Crippen LogP contribution in [0, 0.1) is 0 Å². The SMILES string of the molecule is CC(O)c1c(-c2ccc(C(C)(C)N)cc2)ccc2[nH]ncc12.Cl.Cl. The molecule has 2 aromatic carbocycles. The topological polar surface area (TPSA) is 74.9 Å². The van der Waals surface area contributed by atoms with Crippen LogP contribution in [0.4, 0.5) is 0 Å². The van der Waals surface area contributed by atoms with Gasteiger partial charge in [0.25, 0.3) is 0 Å². The first-order chi connectivity index (χ1) is 10.4. The molecule has 3 rings (SSSR count). The van der Waals surface area contributed by atoms with Gasteiger partial charge < -0.3 is 10.8 Å². The molecular weight excluding hydrogens is 345 g/mol. The zero-order chi connectivity index (χ0) is 15.9. The summed E-state index contributed by atoms with van der Waals surface area (Å²) in [6.45, 7) is 5.75. The number of nitrogens with one attached hydrogen (secondary N) is 1. The van der Waals surface area contributed by atoms with E-state index in [-0.39, 0.29) is 30.4 Å². The maximum Gasteiger partial charge on any atom is 0.0775 e. The Morgan fingerprint density at radius 3 is 2.25 bits per heavy atom. The van der Waals surface area contributed by atoms with Crippen LogP contribution in [0.25, 0.3) is 22.0 Å². The predicted octanol–water partition coefficient (Wildman–Crippen LogP) is 4.32. The monoisotopic (exact) mass is 367 g/mol. The smallest absolute Gasteiger partial charge is 0.0775 e. The van der Waals surface area contributed by atoms with Gasteiger partial charge >= 0.3 is 0 Å². The number of hydrogen-bond acceptors (Lipinski definition) is 3. The van der Waals surface area contributed by atoms with Crippen molar-refractivity contribution >= 4 is 35.7 Å². The molecular formula is C18H23Cl2N3O. The molecule has 1 atom stereocenters. The van der Waals surface area contributed by atoms with Crippen LogP contribution in [-0.4, -0.2) is 15.3 Å². The van der Waals surface area contributed by atoms with Gasteiger partial charge in [-0.15, -0.1) is 24.8 Å². The number of aliphatic hydroxyl groups excluding tert-OH is 1. The fraction of sp³-hybridized carbons (Fsp3) is 0.278. The highest BCUT2D eigenvalue weighted by Crippen LogP contribution is 2.34. The molecule has 1 aromatic heterocycles. The molecule has 1 heterocycles. The van der Waals surface area contributed by atoms with Gasteiger partial charge in [-0.2, -0.15) is 5.10 Å². The maximum atomic E-state index is 10.2.